The molecule has 2 aromatic heterocycles. The molecule has 0 aromatic carbocycles. The first-order valence-corrected chi connectivity index (χ1v) is 6.87. The van der Waals surface area contributed by atoms with Crippen LogP contribution < -0.4 is 16.6 Å². The summed E-state index contributed by atoms with van der Waals surface area (Å²) in [6, 6.07) is 1.89. The Kier molecular flexibility index (Phi) is 4.48. The van der Waals surface area contributed by atoms with Gasteiger partial charge in [-0.3, -0.25) is 5.43 Å². The topological polar surface area (TPSA) is 96.1 Å². The second-order valence-corrected chi connectivity index (χ2v) is 5.12. The van der Waals surface area contributed by atoms with Crippen LogP contribution in [-0.4, -0.2) is 21.6 Å². The number of aromatic nitrogens is 2. The first-order valence-electron chi connectivity index (χ1n) is 5.14. The summed E-state index contributed by atoms with van der Waals surface area (Å²) < 4.78 is 0.707. The minimum atomic E-state index is -0.576. The molecule has 96 valence electrons. The van der Waals surface area contributed by atoms with Gasteiger partial charge < -0.3 is 10.4 Å². The highest BCUT2D eigenvalue weighted by Gasteiger charge is 2.10. The van der Waals surface area contributed by atoms with Gasteiger partial charge in [-0.05, 0) is 38.3 Å². The lowest BCUT2D eigenvalue weighted by molar-refractivity contribution is 0.192. The smallest absolute Gasteiger partial charge is 0.239 e. The third-order valence-electron chi connectivity index (χ3n) is 2.26. The van der Waals surface area contributed by atoms with Crippen LogP contribution in [0.25, 0.3) is 0 Å². The van der Waals surface area contributed by atoms with Crippen molar-refractivity contribution in [3.05, 3.63) is 33.1 Å². The number of nitrogens with two attached hydrogens (primary N) is 1. The van der Waals surface area contributed by atoms with Crippen molar-refractivity contribution in [2.75, 3.05) is 17.3 Å². The Morgan fingerprint density at radius 2 is 2.39 bits per heavy atom. The van der Waals surface area contributed by atoms with Crippen LogP contribution in [0.1, 0.15) is 11.7 Å². The van der Waals surface area contributed by atoms with Crippen molar-refractivity contribution in [3.63, 3.8) is 0 Å². The molecule has 18 heavy (non-hydrogen) atoms. The third-order valence-corrected chi connectivity index (χ3v) is 3.55. The van der Waals surface area contributed by atoms with Gasteiger partial charge in [-0.1, -0.05) is 0 Å². The van der Waals surface area contributed by atoms with Crippen molar-refractivity contribution in [1.29, 1.82) is 0 Å². The number of nitrogen functional groups attached to an aromatic ring is 1. The van der Waals surface area contributed by atoms with E-state index in [4.69, 9.17) is 5.84 Å². The van der Waals surface area contributed by atoms with Crippen LogP contribution in [0, 0.1) is 0 Å². The largest absolute Gasteiger partial charge is 0.387 e. The van der Waals surface area contributed by atoms with E-state index in [0.717, 1.165) is 5.56 Å². The molecule has 8 heteroatoms. The molecule has 0 bridgehead atoms. The second-order valence-electron chi connectivity index (χ2n) is 3.49. The number of halogens is 1. The predicted octanol–water partition coefficient (Wildman–Crippen LogP) is 1.73. The number of nitrogens with one attached hydrogen (secondary N) is 2. The maximum Gasteiger partial charge on any atom is 0.239 e. The van der Waals surface area contributed by atoms with E-state index in [2.05, 4.69) is 36.6 Å². The normalized spacial score (nSPS) is 12.2. The SMILES string of the molecule is NNc1ncc(Br)c(NCC(O)c2ccsc2)n1. The van der Waals surface area contributed by atoms with E-state index < -0.39 is 6.10 Å². The summed E-state index contributed by atoms with van der Waals surface area (Å²) in [6.07, 6.45) is 1.01. The molecule has 6 nitrogen and oxygen atoms in total. The Morgan fingerprint density at radius 3 is 3.06 bits per heavy atom. The fourth-order valence-electron chi connectivity index (χ4n) is 1.34. The molecule has 2 heterocycles. The molecule has 1 atom stereocenters. The maximum absolute atomic E-state index is 9.93. The summed E-state index contributed by atoms with van der Waals surface area (Å²) in [5, 5.41) is 16.8. The standard InChI is InChI=1S/C10H12BrN5OS/c11-7-3-14-10(16-12)15-9(7)13-4-8(17)6-1-2-18-5-6/h1-3,5,8,17H,4,12H2,(H2,13,14,15,16). The lowest BCUT2D eigenvalue weighted by Crippen LogP contribution is -2.15. The molecule has 5 N–H and O–H groups in total. The van der Waals surface area contributed by atoms with Gasteiger partial charge >= 0.3 is 0 Å². The Labute approximate surface area is 116 Å². The van der Waals surface area contributed by atoms with E-state index in [9.17, 15) is 5.11 Å². The van der Waals surface area contributed by atoms with Crippen molar-refractivity contribution in [1.82, 2.24) is 9.97 Å². The monoisotopic (exact) mass is 329 g/mol. The first-order chi connectivity index (χ1) is 8.70. The van der Waals surface area contributed by atoms with Gasteiger partial charge in [0, 0.05) is 12.7 Å². The van der Waals surface area contributed by atoms with E-state index in [1.807, 2.05) is 16.8 Å². The third kappa shape index (κ3) is 3.16. The van der Waals surface area contributed by atoms with Crippen molar-refractivity contribution >= 4 is 39.0 Å². The van der Waals surface area contributed by atoms with Crippen molar-refractivity contribution in [2.24, 2.45) is 5.84 Å². The minimum Gasteiger partial charge on any atom is -0.387 e. The summed E-state index contributed by atoms with van der Waals surface area (Å²) in [4.78, 5) is 8.07. The zero-order valence-corrected chi connectivity index (χ0v) is 11.7. The van der Waals surface area contributed by atoms with Crippen LogP contribution in [0.3, 0.4) is 0 Å². The molecule has 2 aromatic rings. The van der Waals surface area contributed by atoms with Gasteiger partial charge in [-0.2, -0.15) is 16.3 Å². The van der Waals surface area contributed by atoms with Crippen LogP contribution in [0.5, 0.6) is 0 Å². The van der Waals surface area contributed by atoms with Crippen molar-refractivity contribution in [3.8, 4) is 0 Å². The quantitative estimate of drug-likeness (QED) is 0.493. The van der Waals surface area contributed by atoms with E-state index in [1.165, 1.54) is 0 Å². The van der Waals surface area contributed by atoms with Crippen molar-refractivity contribution in [2.45, 2.75) is 6.10 Å². The summed E-state index contributed by atoms with van der Waals surface area (Å²) in [5.41, 5.74) is 3.25. The highest BCUT2D eigenvalue weighted by molar-refractivity contribution is 9.10. The molecule has 0 aliphatic carbocycles. The van der Waals surface area contributed by atoms with Gasteiger partial charge in [0.2, 0.25) is 5.95 Å². The van der Waals surface area contributed by atoms with E-state index >= 15 is 0 Å². The molecule has 0 saturated heterocycles. The van der Waals surface area contributed by atoms with Gasteiger partial charge in [0.1, 0.15) is 5.82 Å². The number of hydrazine groups is 1. The molecule has 0 amide bonds. The summed E-state index contributed by atoms with van der Waals surface area (Å²) in [6.45, 7) is 0.357. The summed E-state index contributed by atoms with van der Waals surface area (Å²) in [7, 11) is 0. The molecule has 0 radical (unpaired) electrons. The van der Waals surface area contributed by atoms with Crippen LogP contribution in [0.15, 0.2) is 27.5 Å². The average molecular weight is 330 g/mol. The number of thiophene rings is 1. The van der Waals surface area contributed by atoms with E-state index in [-0.39, 0.29) is 0 Å². The molecular formula is C10H12BrN5OS. The zero-order chi connectivity index (χ0) is 13.0. The molecule has 1 unspecified atom stereocenters. The van der Waals surface area contributed by atoms with Crippen molar-refractivity contribution < 1.29 is 5.11 Å². The van der Waals surface area contributed by atoms with Gasteiger partial charge in [-0.25, -0.2) is 10.8 Å². The fraction of sp³-hybridized carbons (Fsp3) is 0.200. The molecule has 2 rings (SSSR count). The number of hydrogen-bond acceptors (Lipinski definition) is 7. The highest BCUT2D eigenvalue weighted by Crippen LogP contribution is 2.22. The van der Waals surface area contributed by atoms with Crippen LogP contribution in [0.2, 0.25) is 0 Å². The lowest BCUT2D eigenvalue weighted by atomic mass is 10.2. The molecule has 0 saturated carbocycles. The van der Waals surface area contributed by atoms with Gasteiger partial charge in [0.25, 0.3) is 0 Å². The summed E-state index contributed by atoms with van der Waals surface area (Å²) >= 11 is 4.87. The molecule has 0 aliphatic heterocycles. The average Bonchev–Trinajstić information content (AvgIpc) is 2.91. The van der Waals surface area contributed by atoms with Gasteiger partial charge in [0.05, 0.1) is 10.6 Å². The van der Waals surface area contributed by atoms with Crippen LogP contribution in [0.4, 0.5) is 11.8 Å². The number of aliphatic hydroxyl groups excluding tert-OH is 1. The van der Waals surface area contributed by atoms with Gasteiger partial charge in [-0.15, -0.1) is 0 Å². The summed E-state index contributed by atoms with van der Waals surface area (Å²) in [5.74, 6) is 6.12. The number of aliphatic hydroxyl groups is 1. The van der Waals surface area contributed by atoms with Crippen LogP contribution in [-0.2, 0) is 0 Å². The maximum atomic E-state index is 9.93. The van der Waals surface area contributed by atoms with Crippen LogP contribution >= 0.6 is 27.3 Å². The molecule has 0 aliphatic rings. The number of anilines is 2. The minimum absolute atomic E-state index is 0.311. The second kappa shape index (κ2) is 6.10. The van der Waals surface area contributed by atoms with E-state index in [1.54, 1.807) is 17.5 Å². The Hall–Kier alpha value is -1.22. The lowest BCUT2D eigenvalue weighted by Gasteiger charge is -2.12. The van der Waals surface area contributed by atoms with Gasteiger partial charge in [0.15, 0.2) is 0 Å². The Bertz CT molecular complexity index is 507. The molecule has 0 spiro atoms. The highest BCUT2D eigenvalue weighted by atomic mass is 79.9. The Balaban J connectivity index is 2.01. The Morgan fingerprint density at radius 1 is 1.56 bits per heavy atom. The number of hydrogen-bond donors (Lipinski definition) is 4. The number of rotatable bonds is 5. The fourth-order valence-corrected chi connectivity index (χ4v) is 2.37. The first kappa shape index (κ1) is 13.2. The predicted molar refractivity (Wildman–Crippen MR) is 75.3 cm³/mol. The molecule has 0 fully saturated rings. The zero-order valence-electron chi connectivity index (χ0n) is 9.30. The van der Waals surface area contributed by atoms with E-state index in [0.29, 0.717) is 22.8 Å². The number of nitrogens with zero attached hydrogens (tertiary/aromatic N) is 2. The molecular weight excluding hydrogens is 318 g/mol.